The lowest BCUT2D eigenvalue weighted by atomic mass is 10.2. The standard InChI is InChI=1S/C13H11NO4S/c15-12(16)10-6-7-11(19-10)14-13(17)18-8-9-4-2-1-3-5-9/h1-7H,8H2,(H,14,17)(H,15,16). The fourth-order valence-electron chi connectivity index (χ4n) is 1.38. The first-order chi connectivity index (χ1) is 9.15. The molecular weight excluding hydrogens is 266 g/mol. The Morgan fingerprint density at radius 2 is 1.89 bits per heavy atom. The van der Waals surface area contributed by atoms with Gasteiger partial charge in [-0.05, 0) is 17.7 Å². The molecule has 0 spiro atoms. The molecule has 0 atom stereocenters. The number of anilines is 1. The van der Waals surface area contributed by atoms with Gasteiger partial charge in [0, 0.05) is 0 Å². The number of carbonyl (C=O) groups is 2. The van der Waals surface area contributed by atoms with Crippen LogP contribution in [0.3, 0.4) is 0 Å². The Balaban J connectivity index is 1.85. The molecule has 1 amide bonds. The van der Waals surface area contributed by atoms with Crippen molar-refractivity contribution in [3.05, 3.63) is 52.9 Å². The summed E-state index contributed by atoms with van der Waals surface area (Å²) in [5.41, 5.74) is 0.884. The van der Waals surface area contributed by atoms with Crippen LogP contribution in [0.1, 0.15) is 15.2 Å². The molecule has 2 rings (SSSR count). The molecule has 0 aliphatic carbocycles. The van der Waals surface area contributed by atoms with Gasteiger partial charge in [-0.2, -0.15) is 0 Å². The zero-order valence-corrected chi connectivity index (χ0v) is 10.6. The third kappa shape index (κ3) is 3.82. The summed E-state index contributed by atoms with van der Waals surface area (Å²) in [6.07, 6.45) is -0.609. The Bertz CT molecular complexity index is 579. The summed E-state index contributed by atoms with van der Waals surface area (Å²) in [6.45, 7) is 0.170. The number of benzene rings is 1. The van der Waals surface area contributed by atoms with E-state index in [1.807, 2.05) is 30.3 Å². The maximum Gasteiger partial charge on any atom is 0.412 e. The van der Waals surface area contributed by atoms with Crippen LogP contribution in [0, 0.1) is 0 Å². The maximum absolute atomic E-state index is 11.5. The molecule has 0 aliphatic heterocycles. The third-order valence-corrected chi connectivity index (χ3v) is 3.24. The number of thiophene rings is 1. The van der Waals surface area contributed by atoms with Gasteiger partial charge in [0.1, 0.15) is 11.5 Å². The van der Waals surface area contributed by atoms with Crippen molar-refractivity contribution in [3.8, 4) is 0 Å². The lowest BCUT2D eigenvalue weighted by Crippen LogP contribution is -2.12. The number of carbonyl (C=O) groups excluding carboxylic acids is 1. The number of carboxylic acids is 1. The quantitative estimate of drug-likeness (QED) is 0.899. The summed E-state index contributed by atoms with van der Waals surface area (Å²) in [6, 6.07) is 12.2. The molecule has 0 radical (unpaired) electrons. The summed E-state index contributed by atoms with van der Waals surface area (Å²) in [7, 11) is 0. The molecule has 0 aliphatic rings. The Hall–Kier alpha value is -2.34. The van der Waals surface area contributed by atoms with Crippen molar-refractivity contribution in [2.75, 3.05) is 5.32 Å². The number of ether oxygens (including phenoxy) is 1. The number of rotatable bonds is 4. The van der Waals surface area contributed by atoms with Crippen LogP contribution in [0.25, 0.3) is 0 Å². The van der Waals surface area contributed by atoms with Crippen molar-refractivity contribution < 1.29 is 19.4 Å². The minimum absolute atomic E-state index is 0.165. The van der Waals surface area contributed by atoms with E-state index < -0.39 is 12.1 Å². The Kier molecular flexibility index (Phi) is 4.15. The first-order valence-electron chi connectivity index (χ1n) is 5.46. The van der Waals surface area contributed by atoms with Crippen molar-refractivity contribution >= 4 is 28.4 Å². The van der Waals surface area contributed by atoms with Crippen LogP contribution in [-0.4, -0.2) is 17.2 Å². The first-order valence-corrected chi connectivity index (χ1v) is 6.27. The number of aromatic carboxylic acids is 1. The van der Waals surface area contributed by atoms with Gasteiger partial charge < -0.3 is 9.84 Å². The highest BCUT2D eigenvalue weighted by Gasteiger charge is 2.09. The second-order valence-electron chi connectivity index (χ2n) is 3.66. The van der Waals surface area contributed by atoms with Crippen LogP contribution in [0.4, 0.5) is 9.80 Å². The summed E-state index contributed by atoms with van der Waals surface area (Å²) in [4.78, 5) is 22.3. The summed E-state index contributed by atoms with van der Waals surface area (Å²) < 4.78 is 5.01. The van der Waals surface area contributed by atoms with Crippen molar-refractivity contribution in [2.45, 2.75) is 6.61 Å². The minimum atomic E-state index is -1.02. The van der Waals surface area contributed by atoms with Crippen molar-refractivity contribution in [1.29, 1.82) is 0 Å². The Morgan fingerprint density at radius 1 is 1.16 bits per heavy atom. The van der Waals surface area contributed by atoms with E-state index in [-0.39, 0.29) is 11.5 Å². The molecule has 0 unspecified atom stereocenters. The molecule has 19 heavy (non-hydrogen) atoms. The van der Waals surface area contributed by atoms with Crippen LogP contribution in [0.5, 0.6) is 0 Å². The molecule has 2 aromatic rings. The molecule has 0 saturated carbocycles. The second-order valence-corrected chi connectivity index (χ2v) is 4.74. The molecular formula is C13H11NO4S. The Morgan fingerprint density at radius 3 is 2.53 bits per heavy atom. The summed E-state index contributed by atoms with van der Waals surface area (Å²) in [5, 5.41) is 11.7. The summed E-state index contributed by atoms with van der Waals surface area (Å²) in [5.74, 6) is -1.02. The zero-order valence-electron chi connectivity index (χ0n) is 9.83. The van der Waals surface area contributed by atoms with Crippen molar-refractivity contribution in [1.82, 2.24) is 0 Å². The maximum atomic E-state index is 11.5. The summed E-state index contributed by atoms with van der Waals surface area (Å²) >= 11 is 0.979. The molecule has 0 saturated heterocycles. The topological polar surface area (TPSA) is 75.6 Å². The highest BCUT2D eigenvalue weighted by molar-refractivity contribution is 7.18. The number of carboxylic acid groups (broad SMARTS) is 1. The van der Waals surface area contributed by atoms with Gasteiger partial charge in [-0.1, -0.05) is 30.3 Å². The predicted molar refractivity (Wildman–Crippen MR) is 71.5 cm³/mol. The molecule has 1 heterocycles. The first kappa shape index (κ1) is 13.1. The van der Waals surface area contributed by atoms with Gasteiger partial charge >= 0.3 is 12.1 Å². The van der Waals surface area contributed by atoms with Gasteiger partial charge in [0.25, 0.3) is 0 Å². The normalized spacial score (nSPS) is 9.89. The van der Waals surface area contributed by atoms with Crippen LogP contribution < -0.4 is 5.32 Å². The van der Waals surface area contributed by atoms with E-state index in [4.69, 9.17) is 9.84 Å². The van der Waals surface area contributed by atoms with E-state index in [9.17, 15) is 9.59 Å². The minimum Gasteiger partial charge on any atom is -0.477 e. The van der Waals surface area contributed by atoms with E-state index >= 15 is 0 Å². The number of hydrogen-bond acceptors (Lipinski definition) is 4. The van der Waals surface area contributed by atoms with Crippen molar-refractivity contribution in [2.24, 2.45) is 0 Å². The van der Waals surface area contributed by atoms with Crippen LogP contribution in [0.2, 0.25) is 0 Å². The second kappa shape index (κ2) is 6.01. The monoisotopic (exact) mass is 277 g/mol. The third-order valence-electron chi connectivity index (χ3n) is 2.25. The number of amides is 1. The van der Waals surface area contributed by atoms with E-state index in [2.05, 4.69) is 5.32 Å². The number of hydrogen-bond donors (Lipinski definition) is 2. The molecule has 98 valence electrons. The fourth-order valence-corrected chi connectivity index (χ4v) is 2.11. The largest absolute Gasteiger partial charge is 0.477 e. The predicted octanol–water partition coefficient (Wildman–Crippen LogP) is 3.20. The molecule has 0 bridgehead atoms. The van der Waals surface area contributed by atoms with Gasteiger partial charge in [0.15, 0.2) is 0 Å². The Labute approximate surface area is 113 Å². The van der Waals surface area contributed by atoms with Gasteiger partial charge in [0.05, 0.1) is 5.00 Å². The van der Waals surface area contributed by atoms with Gasteiger partial charge in [-0.25, -0.2) is 9.59 Å². The van der Waals surface area contributed by atoms with Gasteiger partial charge in [-0.15, -0.1) is 11.3 Å². The van der Waals surface area contributed by atoms with E-state index in [0.29, 0.717) is 5.00 Å². The van der Waals surface area contributed by atoms with E-state index in [0.717, 1.165) is 16.9 Å². The van der Waals surface area contributed by atoms with Crippen molar-refractivity contribution in [3.63, 3.8) is 0 Å². The fraction of sp³-hybridized carbons (Fsp3) is 0.0769. The molecule has 0 fully saturated rings. The zero-order chi connectivity index (χ0) is 13.7. The molecule has 2 N–H and O–H groups in total. The molecule has 1 aromatic heterocycles. The highest BCUT2D eigenvalue weighted by atomic mass is 32.1. The van der Waals surface area contributed by atoms with E-state index in [1.165, 1.54) is 12.1 Å². The number of nitrogens with one attached hydrogen (secondary N) is 1. The van der Waals surface area contributed by atoms with Gasteiger partial charge in [0.2, 0.25) is 0 Å². The SMILES string of the molecule is O=C(Nc1ccc(C(=O)O)s1)OCc1ccccc1. The van der Waals surface area contributed by atoms with Gasteiger partial charge in [-0.3, -0.25) is 5.32 Å². The smallest absolute Gasteiger partial charge is 0.412 e. The van der Waals surface area contributed by atoms with E-state index in [1.54, 1.807) is 0 Å². The molecule has 6 heteroatoms. The molecule has 1 aromatic carbocycles. The van der Waals surface area contributed by atoms with Crippen LogP contribution in [-0.2, 0) is 11.3 Å². The van der Waals surface area contributed by atoms with Crippen LogP contribution in [0.15, 0.2) is 42.5 Å². The lowest BCUT2D eigenvalue weighted by molar-refractivity contribution is 0.0702. The average Bonchev–Trinajstić information content (AvgIpc) is 2.86. The average molecular weight is 277 g/mol. The van der Waals surface area contributed by atoms with Crippen LogP contribution >= 0.6 is 11.3 Å². The lowest BCUT2D eigenvalue weighted by Gasteiger charge is -2.05. The highest BCUT2D eigenvalue weighted by Crippen LogP contribution is 2.21. The molecule has 5 nitrogen and oxygen atoms in total.